The van der Waals surface area contributed by atoms with Crippen molar-refractivity contribution >= 4 is 0 Å². The Hall–Kier alpha value is -0.520. The van der Waals surface area contributed by atoms with Crippen LogP contribution in [0.15, 0.2) is 23.8 Å². The maximum Gasteiger partial charge on any atom is -0.0292 e. The molecular formula is C12H22. The maximum atomic E-state index is 2.32. The molecule has 0 heteroatoms. The predicted octanol–water partition coefficient (Wildman–Crippen LogP) is 4.34. The van der Waals surface area contributed by atoms with Gasteiger partial charge in [-0.25, -0.2) is 0 Å². The van der Waals surface area contributed by atoms with Gasteiger partial charge in [-0.1, -0.05) is 51.0 Å². The molecule has 0 fully saturated rings. The van der Waals surface area contributed by atoms with Crippen molar-refractivity contribution in [1.82, 2.24) is 0 Å². The van der Waals surface area contributed by atoms with Crippen LogP contribution < -0.4 is 0 Å². The van der Waals surface area contributed by atoms with Crippen LogP contribution >= 0.6 is 0 Å². The van der Waals surface area contributed by atoms with Gasteiger partial charge in [0.05, 0.1) is 0 Å². The first-order chi connectivity index (χ1) is 5.74. The second-order valence-electron chi connectivity index (χ2n) is 3.42. The van der Waals surface area contributed by atoms with Crippen LogP contribution in [0.1, 0.15) is 47.0 Å². The molecule has 0 nitrogen and oxygen atoms in total. The van der Waals surface area contributed by atoms with Crippen molar-refractivity contribution < 1.29 is 0 Å². The molecule has 0 N–H and O–H groups in total. The van der Waals surface area contributed by atoms with E-state index in [1.165, 1.54) is 19.3 Å². The van der Waals surface area contributed by atoms with E-state index in [0.717, 1.165) is 5.92 Å². The van der Waals surface area contributed by atoms with Gasteiger partial charge in [-0.2, -0.15) is 0 Å². The van der Waals surface area contributed by atoms with Crippen molar-refractivity contribution in [2.75, 3.05) is 0 Å². The zero-order chi connectivity index (χ0) is 9.40. The first kappa shape index (κ1) is 11.5. The van der Waals surface area contributed by atoms with Crippen LogP contribution in [-0.2, 0) is 0 Å². The summed E-state index contributed by atoms with van der Waals surface area (Å²) in [6.07, 6.45) is 10.2. The number of rotatable bonds is 5. The Morgan fingerprint density at radius 1 is 1.33 bits per heavy atom. The summed E-state index contributed by atoms with van der Waals surface area (Å²) < 4.78 is 0. The van der Waals surface area contributed by atoms with Gasteiger partial charge in [0.1, 0.15) is 0 Å². The van der Waals surface area contributed by atoms with Crippen molar-refractivity contribution in [3.8, 4) is 0 Å². The summed E-state index contributed by atoms with van der Waals surface area (Å²) in [5.74, 6) is 0.835. The van der Waals surface area contributed by atoms with Crippen LogP contribution in [0.25, 0.3) is 0 Å². The van der Waals surface area contributed by atoms with Gasteiger partial charge in [0.15, 0.2) is 0 Å². The molecule has 0 aliphatic carbocycles. The molecule has 70 valence electrons. The quantitative estimate of drug-likeness (QED) is 0.533. The molecular weight excluding hydrogens is 144 g/mol. The van der Waals surface area contributed by atoms with E-state index in [4.69, 9.17) is 0 Å². The summed E-state index contributed by atoms with van der Waals surface area (Å²) in [7, 11) is 0. The van der Waals surface area contributed by atoms with E-state index in [2.05, 4.69) is 45.9 Å². The average molecular weight is 166 g/mol. The molecule has 0 amide bonds. The largest absolute Gasteiger partial charge is 0.0877 e. The van der Waals surface area contributed by atoms with E-state index >= 15 is 0 Å². The minimum absolute atomic E-state index is 0.835. The van der Waals surface area contributed by atoms with Crippen LogP contribution in [0.3, 0.4) is 0 Å². The summed E-state index contributed by atoms with van der Waals surface area (Å²) in [5, 5.41) is 0. The van der Waals surface area contributed by atoms with Gasteiger partial charge in [-0.15, -0.1) is 0 Å². The fraction of sp³-hybridized carbons (Fsp3) is 0.667. The number of allylic oxidation sites excluding steroid dienone is 4. The Bertz CT molecular complexity index is 151. The van der Waals surface area contributed by atoms with Crippen molar-refractivity contribution in [2.45, 2.75) is 47.0 Å². The summed E-state index contributed by atoms with van der Waals surface area (Å²) in [6.45, 7) is 8.87. The Kier molecular flexibility index (Phi) is 6.84. The lowest BCUT2D eigenvalue weighted by Crippen LogP contribution is -1.94. The molecule has 0 aliphatic rings. The number of hydrogen-bond donors (Lipinski definition) is 0. The minimum Gasteiger partial charge on any atom is -0.0877 e. The first-order valence-corrected chi connectivity index (χ1v) is 5.05. The van der Waals surface area contributed by atoms with E-state index in [1.54, 1.807) is 5.57 Å². The van der Waals surface area contributed by atoms with Crippen molar-refractivity contribution in [3.63, 3.8) is 0 Å². The highest BCUT2D eigenvalue weighted by atomic mass is 14.1. The van der Waals surface area contributed by atoms with Crippen LogP contribution in [0.5, 0.6) is 0 Å². The van der Waals surface area contributed by atoms with Crippen LogP contribution in [-0.4, -0.2) is 0 Å². The Morgan fingerprint density at radius 2 is 2.00 bits per heavy atom. The molecule has 0 saturated heterocycles. The zero-order valence-corrected chi connectivity index (χ0v) is 8.93. The smallest absolute Gasteiger partial charge is 0.0292 e. The predicted molar refractivity (Wildman–Crippen MR) is 57.3 cm³/mol. The molecule has 0 aliphatic heterocycles. The molecule has 0 radical (unpaired) electrons. The fourth-order valence-electron chi connectivity index (χ4n) is 1.15. The standard InChI is InChI=1S/C12H22/c1-5-8-9-12(7-3)10-11(4)6-2/h5,8-9,11H,6-7,10H2,1-4H3. The summed E-state index contributed by atoms with van der Waals surface area (Å²) in [4.78, 5) is 0. The Balaban J connectivity index is 3.98. The summed E-state index contributed by atoms with van der Waals surface area (Å²) >= 11 is 0. The van der Waals surface area contributed by atoms with Gasteiger partial charge in [0.2, 0.25) is 0 Å². The normalized spacial score (nSPS) is 15.5. The highest BCUT2D eigenvalue weighted by molar-refractivity contribution is 5.11. The first-order valence-electron chi connectivity index (χ1n) is 5.05. The average Bonchev–Trinajstić information content (AvgIpc) is 2.11. The SMILES string of the molecule is CC=CC=C(CC)CC(C)CC. The van der Waals surface area contributed by atoms with E-state index in [0.29, 0.717) is 0 Å². The van der Waals surface area contributed by atoms with Gasteiger partial charge in [-0.3, -0.25) is 0 Å². The molecule has 0 aromatic carbocycles. The zero-order valence-electron chi connectivity index (χ0n) is 8.93. The highest BCUT2D eigenvalue weighted by Crippen LogP contribution is 2.16. The monoisotopic (exact) mass is 166 g/mol. The second kappa shape index (κ2) is 7.15. The summed E-state index contributed by atoms with van der Waals surface area (Å²) in [5.41, 5.74) is 1.57. The van der Waals surface area contributed by atoms with Gasteiger partial charge in [0, 0.05) is 0 Å². The maximum absolute atomic E-state index is 2.32. The van der Waals surface area contributed by atoms with Gasteiger partial charge in [0.25, 0.3) is 0 Å². The van der Waals surface area contributed by atoms with Crippen molar-refractivity contribution in [1.29, 1.82) is 0 Å². The van der Waals surface area contributed by atoms with E-state index in [-0.39, 0.29) is 0 Å². The van der Waals surface area contributed by atoms with Gasteiger partial charge >= 0.3 is 0 Å². The highest BCUT2D eigenvalue weighted by Gasteiger charge is 2.00. The lowest BCUT2D eigenvalue weighted by molar-refractivity contribution is 0.550. The summed E-state index contributed by atoms with van der Waals surface area (Å²) in [6, 6.07) is 0. The van der Waals surface area contributed by atoms with Crippen LogP contribution in [0, 0.1) is 5.92 Å². The van der Waals surface area contributed by atoms with E-state index < -0.39 is 0 Å². The lowest BCUT2D eigenvalue weighted by Gasteiger charge is -2.09. The topological polar surface area (TPSA) is 0 Å². The Labute approximate surface area is 77.4 Å². The van der Waals surface area contributed by atoms with E-state index in [1.807, 2.05) is 0 Å². The Morgan fingerprint density at radius 3 is 2.42 bits per heavy atom. The molecule has 12 heavy (non-hydrogen) atoms. The van der Waals surface area contributed by atoms with Gasteiger partial charge < -0.3 is 0 Å². The molecule has 0 saturated carbocycles. The van der Waals surface area contributed by atoms with Crippen molar-refractivity contribution in [2.24, 2.45) is 5.92 Å². The molecule has 1 unspecified atom stereocenters. The molecule has 1 atom stereocenters. The fourth-order valence-corrected chi connectivity index (χ4v) is 1.15. The van der Waals surface area contributed by atoms with E-state index in [9.17, 15) is 0 Å². The van der Waals surface area contributed by atoms with Gasteiger partial charge in [-0.05, 0) is 25.7 Å². The molecule has 0 aromatic rings. The molecule has 0 spiro atoms. The molecule has 0 heterocycles. The third-order valence-electron chi connectivity index (χ3n) is 2.29. The second-order valence-corrected chi connectivity index (χ2v) is 3.42. The van der Waals surface area contributed by atoms with Crippen LogP contribution in [0.2, 0.25) is 0 Å². The minimum atomic E-state index is 0.835. The number of hydrogen-bond acceptors (Lipinski definition) is 0. The lowest BCUT2D eigenvalue weighted by atomic mass is 9.97. The van der Waals surface area contributed by atoms with Crippen LogP contribution in [0.4, 0.5) is 0 Å². The molecule has 0 aromatic heterocycles. The molecule has 0 bridgehead atoms. The molecule has 0 rings (SSSR count). The van der Waals surface area contributed by atoms with Crippen molar-refractivity contribution in [3.05, 3.63) is 23.8 Å². The third kappa shape index (κ3) is 5.17. The third-order valence-corrected chi connectivity index (χ3v) is 2.29.